The third kappa shape index (κ3) is 3.11. The highest BCUT2D eigenvalue weighted by atomic mass is 32.2. The third-order valence-electron chi connectivity index (χ3n) is 5.66. The van der Waals surface area contributed by atoms with Crippen molar-refractivity contribution < 1.29 is 18.0 Å². The molecule has 4 heterocycles. The SMILES string of the molecule is CN(C(=O)c1cc2c(F)cccn2c1)[C@H]1CSCc2[nH]c(=O)c3cc(F)c(F)cc3c21. The quantitative estimate of drug-likeness (QED) is 0.504. The highest BCUT2D eigenvalue weighted by Gasteiger charge is 2.31. The summed E-state index contributed by atoms with van der Waals surface area (Å²) in [6.45, 7) is 0. The van der Waals surface area contributed by atoms with E-state index in [1.54, 1.807) is 25.5 Å². The number of halogens is 3. The number of nitrogens with zero attached hydrogens (tertiary/aromatic N) is 2. The summed E-state index contributed by atoms with van der Waals surface area (Å²) in [6, 6.07) is 5.75. The van der Waals surface area contributed by atoms with Gasteiger partial charge in [0.25, 0.3) is 11.5 Å². The van der Waals surface area contributed by atoms with Crippen molar-refractivity contribution >= 4 is 34.0 Å². The average Bonchev–Trinajstić information content (AvgIpc) is 3.19. The third-order valence-corrected chi connectivity index (χ3v) is 6.70. The Labute approximate surface area is 178 Å². The number of H-pyrrole nitrogens is 1. The number of rotatable bonds is 2. The number of pyridine rings is 2. The van der Waals surface area contributed by atoms with E-state index in [0.29, 0.717) is 28.3 Å². The normalized spacial score (nSPS) is 15.9. The van der Waals surface area contributed by atoms with E-state index in [-0.39, 0.29) is 22.2 Å². The molecule has 0 bridgehead atoms. The van der Waals surface area contributed by atoms with Gasteiger partial charge in [0.05, 0.1) is 22.5 Å². The second kappa shape index (κ2) is 7.19. The molecule has 4 aromatic rings. The molecule has 1 amide bonds. The molecule has 1 atom stereocenters. The molecule has 158 valence electrons. The van der Waals surface area contributed by atoms with Gasteiger partial charge in [0.15, 0.2) is 11.6 Å². The number of fused-ring (bicyclic) bond motifs is 4. The number of hydrogen-bond donors (Lipinski definition) is 1. The number of carbonyl (C=O) groups is 1. The van der Waals surface area contributed by atoms with Crippen LogP contribution in [0.5, 0.6) is 0 Å². The van der Waals surface area contributed by atoms with Gasteiger partial charge in [-0.25, -0.2) is 13.2 Å². The molecular formula is C22H16F3N3O2S. The van der Waals surface area contributed by atoms with Gasteiger partial charge in [-0.15, -0.1) is 0 Å². The minimum atomic E-state index is -1.10. The lowest BCUT2D eigenvalue weighted by atomic mass is 9.97. The molecule has 0 radical (unpaired) electrons. The summed E-state index contributed by atoms with van der Waals surface area (Å²) in [6.07, 6.45) is 3.20. The minimum Gasteiger partial charge on any atom is -0.334 e. The Balaban J connectivity index is 1.62. The lowest BCUT2D eigenvalue weighted by molar-refractivity contribution is 0.0745. The number of benzene rings is 1. The first-order valence-corrected chi connectivity index (χ1v) is 10.7. The summed E-state index contributed by atoms with van der Waals surface area (Å²) in [5.41, 5.74) is 1.26. The number of aromatic nitrogens is 2. The van der Waals surface area contributed by atoms with Crippen LogP contribution in [0.2, 0.25) is 0 Å². The summed E-state index contributed by atoms with van der Waals surface area (Å²) < 4.78 is 43.4. The van der Waals surface area contributed by atoms with Gasteiger partial charge < -0.3 is 14.3 Å². The maximum Gasteiger partial charge on any atom is 0.256 e. The number of hydrogen-bond acceptors (Lipinski definition) is 3. The van der Waals surface area contributed by atoms with Crippen molar-refractivity contribution in [3.8, 4) is 0 Å². The molecule has 1 aliphatic heterocycles. The zero-order chi connectivity index (χ0) is 21.9. The Hall–Kier alpha value is -3.20. The molecule has 0 spiro atoms. The van der Waals surface area contributed by atoms with Gasteiger partial charge in [-0.2, -0.15) is 11.8 Å². The molecule has 5 nitrogen and oxygen atoms in total. The minimum absolute atomic E-state index is 0.0343. The maximum atomic E-state index is 14.0. The monoisotopic (exact) mass is 443 g/mol. The zero-order valence-corrected chi connectivity index (χ0v) is 17.1. The predicted molar refractivity (Wildman–Crippen MR) is 113 cm³/mol. The molecule has 3 aromatic heterocycles. The molecule has 0 unspecified atom stereocenters. The fourth-order valence-electron chi connectivity index (χ4n) is 4.11. The standard InChI is InChI=1S/C22H16F3N3O2S/c1-27(22(30)11-5-18-14(23)3-2-4-28(18)8-11)19-10-31-9-17-20(19)12-6-15(24)16(25)7-13(12)21(29)26-17/h2-8,19H,9-10H2,1H3,(H,26,29)/t19-/m0/s1. The number of amides is 1. The Morgan fingerprint density at radius 3 is 2.65 bits per heavy atom. The number of thioether (sulfide) groups is 1. The van der Waals surface area contributed by atoms with Crippen LogP contribution in [0.1, 0.15) is 27.7 Å². The first-order chi connectivity index (χ1) is 14.8. The molecule has 0 saturated heterocycles. The van der Waals surface area contributed by atoms with E-state index in [0.717, 1.165) is 12.1 Å². The van der Waals surface area contributed by atoms with Gasteiger partial charge in [0, 0.05) is 42.2 Å². The molecule has 31 heavy (non-hydrogen) atoms. The van der Waals surface area contributed by atoms with Crippen molar-refractivity contribution in [1.82, 2.24) is 14.3 Å². The summed E-state index contributed by atoms with van der Waals surface area (Å²) in [7, 11) is 1.61. The van der Waals surface area contributed by atoms with E-state index in [1.165, 1.54) is 33.2 Å². The predicted octanol–water partition coefficient (Wildman–Crippen LogP) is 4.26. The van der Waals surface area contributed by atoms with Crippen LogP contribution in [-0.2, 0) is 5.75 Å². The molecule has 9 heteroatoms. The van der Waals surface area contributed by atoms with E-state index in [2.05, 4.69) is 4.98 Å². The van der Waals surface area contributed by atoms with Gasteiger partial charge in [0.2, 0.25) is 0 Å². The lowest BCUT2D eigenvalue weighted by Gasteiger charge is -2.33. The number of nitrogens with one attached hydrogen (secondary N) is 1. The van der Waals surface area contributed by atoms with Gasteiger partial charge >= 0.3 is 0 Å². The summed E-state index contributed by atoms with van der Waals surface area (Å²) in [4.78, 5) is 29.9. The molecular weight excluding hydrogens is 427 g/mol. The second-order valence-corrected chi connectivity index (χ2v) is 8.51. The topological polar surface area (TPSA) is 57.6 Å². The van der Waals surface area contributed by atoms with E-state index in [1.807, 2.05) is 0 Å². The molecule has 0 aliphatic carbocycles. The molecule has 0 fully saturated rings. The highest BCUT2D eigenvalue weighted by molar-refractivity contribution is 7.98. The molecule has 1 N–H and O–H groups in total. The summed E-state index contributed by atoms with van der Waals surface area (Å²) in [5, 5.41) is 0.322. The van der Waals surface area contributed by atoms with E-state index in [4.69, 9.17) is 0 Å². The zero-order valence-electron chi connectivity index (χ0n) is 16.3. The molecule has 1 aliphatic rings. The Morgan fingerprint density at radius 1 is 1.16 bits per heavy atom. The Kier molecular flexibility index (Phi) is 4.58. The second-order valence-electron chi connectivity index (χ2n) is 7.48. The van der Waals surface area contributed by atoms with Crippen molar-refractivity contribution in [2.24, 2.45) is 0 Å². The van der Waals surface area contributed by atoms with Crippen LogP contribution in [0, 0.1) is 17.5 Å². The average molecular weight is 443 g/mol. The fraction of sp³-hybridized carbons (Fsp3) is 0.182. The molecule has 1 aromatic carbocycles. The smallest absolute Gasteiger partial charge is 0.256 e. The Morgan fingerprint density at radius 2 is 1.90 bits per heavy atom. The van der Waals surface area contributed by atoms with Crippen LogP contribution in [-0.4, -0.2) is 33.0 Å². The van der Waals surface area contributed by atoms with Crippen molar-refractivity contribution in [3.05, 3.63) is 87.4 Å². The van der Waals surface area contributed by atoms with Crippen LogP contribution in [0.15, 0.2) is 47.5 Å². The molecule has 5 rings (SSSR count). The van der Waals surface area contributed by atoms with Gasteiger partial charge in [-0.3, -0.25) is 9.59 Å². The highest BCUT2D eigenvalue weighted by Crippen LogP contribution is 2.38. The van der Waals surface area contributed by atoms with Crippen molar-refractivity contribution in [1.29, 1.82) is 0 Å². The fourth-order valence-corrected chi connectivity index (χ4v) is 5.27. The van der Waals surface area contributed by atoms with Crippen LogP contribution in [0.4, 0.5) is 13.2 Å². The first kappa shape index (κ1) is 19.7. The van der Waals surface area contributed by atoms with Crippen molar-refractivity contribution in [2.45, 2.75) is 11.8 Å². The van der Waals surface area contributed by atoms with Crippen LogP contribution >= 0.6 is 11.8 Å². The van der Waals surface area contributed by atoms with Crippen LogP contribution in [0.3, 0.4) is 0 Å². The number of carbonyl (C=O) groups excluding carboxylic acids is 1. The van der Waals surface area contributed by atoms with E-state index >= 15 is 0 Å². The van der Waals surface area contributed by atoms with Crippen LogP contribution < -0.4 is 5.56 Å². The maximum absolute atomic E-state index is 14.0. The summed E-state index contributed by atoms with van der Waals surface area (Å²) >= 11 is 1.52. The van der Waals surface area contributed by atoms with Gasteiger partial charge in [-0.1, -0.05) is 0 Å². The van der Waals surface area contributed by atoms with Crippen LogP contribution in [0.25, 0.3) is 16.3 Å². The summed E-state index contributed by atoms with van der Waals surface area (Å²) in [5.74, 6) is -1.95. The van der Waals surface area contributed by atoms with Crippen molar-refractivity contribution in [3.63, 3.8) is 0 Å². The Bertz CT molecular complexity index is 1430. The molecule has 0 saturated carbocycles. The van der Waals surface area contributed by atoms with Crippen molar-refractivity contribution in [2.75, 3.05) is 12.8 Å². The number of aromatic amines is 1. The van der Waals surface area contributed by atoms with E-state index in [9.17, 15) is 22.8 Å². The van der Waals surface area contributed by atoms with Gasteiger partial charge in [-0.05, 0) is 35.7 Å². The largest absolute Gasteiger partial charge is 0.334 e. The first-order valence-electron chi connectivity index (χ1n) is 9.50. The van der Waals surface area contributed by atoms with E-state index < -0.39 is 29.1 Å². The lowest BCUT2D eigenvalue weighted by Crippen LogP contribution is -2.35. The van der Waals surface area contributed by atoms with Gasteiger partial charge in [0.1, 0.15) is 5.82 Å².